The molecular weight excluding hydrogens is 457 g/mol. The number of amides is 1. The number of alkyl halides is 3. The number of nitrogens with zero attached hydrogens (tertiary/aromatic N) is 2. The molecule has 0 fully saturated rings. The van der Waals surface area contributed by atoms with Gasteiger partial charge in [-0.05, 0) is 31.0 Å². The number of aromatic nitrogens is 1. The summed E-state index contributed by atoms with van der Waals surface area (Å²) in [5.74, 6) is -1.81. The van der Waals surface area contributed by atoms with Gasteiger partial charge in [0.15, 0.2) is 5.69 Å². The molecule has 10 heteroatoms. The Morgan fingerprint density at radius 3 is 2.56 bits per heavy atom. The average molecular weight is 481 g/mol. The lowest BCUT2D eigenvalue weighted by molar-refractivity contribution is -0.137. The number of hydrogen-bond donors (Lipinski definition) is 1. The van der Waals surface area contributed by atoms with E-state index in [2.05, 4.69) is 10.3 Å². The minimum atomic E-state index is -4.51. The molecule has 0 spiro atoms. The highest BCUT2D eigenvalue weighted by Crippen LogP contribution is 2.30. The van der Waals surface area contributed by atoms with E-state index in [-0.39, 0.29) is 42.8 Å². The topological polar surface area (TPSA) is 58.4 Å². The molecule has 1 amide bonds. The minimum absolute atomic E-state index is 0.00247. The first-order valence-electron chi connectivity index (χ1n) is 10.6. The normalized spacial score (nSPS) is 12.7. The summed E-state index contributed by atoms with van der Waals surface area (Å²) in [6, 6.07) is 7.82. The number of carbonyl (C=O) groups excluding carboxylic acids is 1. The van der Waals surface area contributed by atoms with Crippen LogP contribution in [0.2, 0.25) is 0 Å². The summed E-state index contributed by atoms with van der Waals surface area (Å²) in [7, 11) is 0. The zero-order chi connectivity index (χ0) is 24.9. The first-order chi connectivity index (χ1) is 16.0. The summed E-state index contributed by atoms with van der Waals surface area (Å²) in [6.45, 7) is 3.67. The third-order valence-corrected chi connectivity index (χ3v) is 5.20. The standard InChI is InChI=1S/C24H24F5N3O2/c1-3-15(2)30-23(33)21-14-34-22(31-21)13-32(12-17-7-8-19(25)10-20(17)26)11-16-5-4-6-18(9-16)24(27,28)29/h4-10,14-15H,3,11-13H2,1-2H3,(H,30,33)/t15-/m0/s1. The van der Waals surface area contributed by atoms with Crippen LogP contribution in [0.5, 0.6) is 0 Å². The molecule has 0 unspecified atom stereocenters. The third-order valence-electron chi connectivity index (χ3n) is 5.20. The number of oxazole rings is 1. The summed E-state index contributed by atoms with van der Waals surface area (Å²) in [6.07, 6.45) is -2.59. The largest absolute Gasteiger partial charge is 0.447 e. The van der Waals surface area contributed by atoms with Gasteiger partial charge in [0.25, 0.3) is 5.91 Å². The summed E-state index contributed by atoms with van der Waals surface area (Å²) in [5, 5.41) is 2.76. The van der Waals surface area contributed by atoms with E-state index in [4.69, 9.17) is 4.42 Å². The highest BCUT2D eigenvalue weighted by molar-refractivity contribution is 5.92. The first kappa shape index (κ1) is 25.4. The maximum atomic E-state index is 14.3. The molecule has 3 rings (SSSR count). The van der Waals surface area contributed by atoms with Crippen molar-refractivity contribution in [2.24, 2.45) is 0 Å². The molecular formula is C24H24F5N3O2. The van der Waals surface area contributed by atoms with Crippen LogP contribution < -0.4 is 5.32 Å². The molecule has 1 heterocycles. The smallest absolute Gasteiger partial charge is 0.416 e. The fourth-order valence-electron chi connectivity index (χ4n) is 3.24. The Hall–Kier alpha value is -3.27. The van der Waals surface area contributed by atoms with Crippen molar-refractivity contribution in [3.05, 3.63) is 88.6 Å². The van der Waals surface area contributed by atoms with Crippen LogP contribution in [-0.4, -0.2) is 21.8 Å². The first-order valence-corrected chi connectivity index (χ1v) is 10.6. The Morgan fingerprint density at radius 2 is 1.88 bits per heavy atom. The lowest BCUT2D eigenvalue weighted by Crippen LogP contribution is -2.32. The maximum absolute atomic E-state index is 14.3. The SMILES string of the molecule is CC[C@H](C)NC(=O)c1coc(CN(Cc2cccc(C(F)(F)F)c2)Cc2ccc(F)cc2F)n1. The molecule has 0 radical (unpaired) electrons. The van der Waals surface area contributed by atoms with Crippen molar-refractivity contribution >= 4 is 5.91 Å². The van der Waals surface area contributed by atoms with E-state index >= 15 is 0 Å². The monoisotopic (exact) mass is 481 g/mol. The number of benzene rings is 2. The number of carbonyl (C=O) groups is 1. The van der Waals surface area contributed by atoms with E-state index < -0.39 is 29.3 Å². The van der Waals surface area contributed by atoms with Crippen molar-refractivity contribution in [1.82, 2.24) is 15.2 Å². The molecule has 0 bridgehead atoms. The second-order valence-electron chi connectivity index (χ2n) is 7.99. The number of rotatable bonds is 9. The Balaban J connectivity index is 1.83. The molecule has 182 valence electrons. The minimum Gasteiger partial charge on any atom is -0.447 e. The summed E-state index contributed by atoms with van der Waals surface area (Å²) < 4.78 is 72.3. The quantitative estimate of drug-likeness (QED) is 0.398. The molecule has 0 saturated heterocycles. The number of halogens is 5. The van der Waals surface area contributed by atoms with Gasteiger partial charge in [0.05, 0.1) is 12.1 Å². The van der Waals surface area contributed by atoms with E-state index in [9.17, 15) is 26.7 Å². The van der Waals surface area contributed by atoms with Gasteiger partial charge in [-0.25, -0.2) is 13.8 Å². The highest BCUT2D eigenvalue weighted by atomic mass is 19.4. The molecule has 34 heavy (non-hydrogen) atoms. The average Bonchev–Trinajstić information content (AvgIpc) is 3.24. The molecule has 0 aliphatic rings. The zero-order valence-electron chi connectivity index (χ0n) is 18.6. The summed E-state index contributed by atoms with van der Waals surface area (Å²) >= 11 is 0. The van der Waals surface area contributed by atoms with Crippen LogP contribution in [0.4, 0.5) is 22.0 Å². The van der Waals surface area contributed by atoms with E-state index in [1.807, 2.05) is 13.8 Å². The van der Waals surface area contributed by atoms with Gasteiger partial charge in [0.1, 0.15) is 17.9 Å². The molecule has 2 aromatic carbocycles. The molecule has 0 aliphatic carbocycles. The molecule has 3 aromatic rings. The van der Waals surface area contributed by atoms with Gasteiger partial charge < -0.3 is 9.73 Å². The van der Waals surface area contributed by atoms with Crippen molar-refractivity contribution in [3.8, 4) is 0 Å². The number of nitrogens with one attached hydrogen (secondary N) is 1. The predicted octanol–water partition coefficient (Wildman–Crippen LogP) is 5.70. The van der Waals surface area contributed by atoms with Crippen molar-refractivity contribution in [2.75, 3.05) is 0 Å². The van der Waals surface area contributed by atoms with Crippen molar-refractivity contribution in [2.45, 2.75) is 52.1 Å². The molecule has 1 N–H and O–H groups in total. The lowest BCUT2D eigenvalue weighted by atomic mass is 10.1. The Morgan fingerprint density at radius 1 is 1.12 bits per heavy atom. The van der Waals surface area contributed by atoms with Crippen LogP contribution in [0.1, 0.15) is 53.3 Å². The lowest BCUT2D eigenvalue weighted by Gasteiger charge is -2.22. The maximum Gasteiger partial charge on any atom is 0.416 e. The van der Waals surface area contributed by atoms with Gasteiger partial charge in [-0.1, -0.05) is 31.2 Å². The van der Waals surface area contributed by atoms with Crippen LogP contribution in [0.3, 0.4) is 0 Å². The molecule has 0 saturated carbocycles. The third kappa shape index (κ3) is 6.86. The van der Waals surface area contributed by atoms with E-state index in [1.54, 1.807) is 4.90 Å². The Kier molecular flexibility index (Phi) is 8.03. The fraction of sp³-hybridized carbons (Fsp3) is 0.333. The van der Waals surface area contributed by atoms with Crippen molar-refractivity contribution in [3.63, 3.8) is 0 Å². The van der Waals surface area contributed by atoms with Crippen LogP contribution in [0, 0.1) is 11.6 Å². The summed E-state index contributed by atoms with van der Waals surface area (Å²) in [4.78, 5) is 18.0. The van der Waals surface area contributed by atoms with Crippen molar-refractivity contribution < 1.29 is 31.2 Å². The van der Waals surface area contributed by atoms with Crippen LogP contribution in [0.25, 0.3) is 0 Å². The second kappa shape index (κ2) is 10.8. The van der Waals surface area contributed by atoms with Crippen LogP contribution in [0.15, 0.2) is 53.1 Å². The molecule has 5 nitrogen and oxygen atoms in total. The Labute approximate surface area is 193 Å². The Bertz CT molecular complexity index is 1130. The van der Waals surface area contributed by atoms with Gasteiger partial charge in [0.2, 0.25) is 5.89 Å². The van der Waals surface area contributed by atoms with Gasteiger partial charge in [0, 0.05) is 30.8 Å². The van der Waals surface area contributed by atoms with Crippen LogP contribution in [-0.2, 0) is 25.8 Å². The predicted molar refractivity (Wildman–Crippen MR) is 114 cm³/mol. The van der Waals surface area contributed by atoms with Crippen molar-refractivity contribution in [1.29, 1.82) is 0 Å². The second-order valence-corrected chi connectivity index (χ2v) is 7.99. The molecule has 1 atom stereocenters. The van der Waals surface area contributed by atoms with E-state index in [0.29, 0.717) is 5.56 Å². The highest BCUT2D eigenvalue weighted by Gasteiger charge is 2.30. The fourth-order valence-corrected chi connectivity index (χ4v) is 3.24. The van der Waals surface area contributed by atoms with Gasteiger partial charge in [-0.2, -0.15) is 13.2 Å². The van der Waals surface area contributed by atoms with Gasteiger partial charge in [-0.3, -0.25) is 9.69 Å². The van der Waals surface area contributed by atoms with Crippen LogP contribution >= 0.6 is 0 Å². The van der Waals surface area contributed by atoms with Gasteiger partial charge in [-0.15, -0.1) is 0 Å². The summed E-state index contributed by atoms with van der Waals surface area (Å²) in [5.41, 5.74) is -0.270. The van der Waals surface area contributed by atoms with E-state index in [0.717, 1.165) is 30.7 Å². The zero-order valence-corrected chi connectivity index (χ0v) is 18.6. The van der Waals surface area contributed by atoms with E-state index in [1.165, 1.54) is 24.5 Å². The number of hydrogen-bond acceptors (Lipinski definition) is 4. The van der Waals surface area contributed by atoms with Gasteiger partial charge >= 0.3 is 6.18 Å². The molecule has 0 aliphatic heterocycles. The molecule has 1 aromatic heterocycles.